The normalized spacial score (nSPS) is 18.0. The Morgan fingerprint density at radius 2 is 1.93 bits per heavy atom. The van der Waals surface area contributed by atoms with Gasteiger partial charge in [-0.15, -0.1) is 0 Å². The van der Waals surface area contributed by atoms with Crippen LogP contribution in [0.4, 0.5) is 0 Å². The van der Waals surface area contributed by atoms with E-state index in [9.17, 15) is 18.0 Å². The number of hydrogen-bond donors (Lipinski definition) is 0. The number of rotatable bonds is 4. The molecule has 8 heteroatoms. The topological polar surface area (TPSA) is 84.7 Å². The van der Waals surface area contributed by atoms with Crippen LogP contribution in [0.2, 0.25) is 0 Å². The zero-order chi connectivity index (χ0) is 20.6. The van der Waals surface area contributed by atoms with E-state index >= 15 is 0 Å². The van der Waals surface area contributed by atoms with Crippen molar-refractivity contribution in [2.45, 2.75) is 19.0 Å². The van der Waals surface area contributed by atoms with Crippen LogP contribution in [0.3, 0.4) is 0 Å². The second kappa shape index (κ2) is 7.76. The summed E-state index contributed by atoms with van der Waals surface area (Å²) < 4.78 is 30.2. The first kappa shape index (κ1) is 19.8. The van der Waals surface area contributed by atoms with Crippen LogP contribution < -0.4 is 5.63 Å². The van der Waals surface area contributed by atoms with E-state index in [2.05, 4.69) is 15.9 Å². The number of sulfone groups is 1. The van der Waals surface area contributed by atoms with Crippen molar-refractivity contribution in [3.63, 3.8) is 0 Å². The highest BCUT2D eigenvalue weighted by atomic mass is 79.9. The number of fused-ring (bicyclic) bond motifs is 1. The van der Waals surface area contributed by atoms with Gasteiger partial charge in [0.15, 0.2) is 9.84 Å². The summed E-state index contributed by atoms with van der Waals surface area (Å²) in [6.45, 7) is 0.199. The molecule has 1 amide bonds. The minimum absolute atomic E-state index is 0.0340. The molecular formula is C21H18BrNO5S. The summed E-state index contributed by atoms with van der Waals surface area (Å²) in [5.74, 6) is -0.593. The third-order valence-electron chi connectivity index (χ3n) is 5.02. The highest BCUT2D eigenvalue weighted by Crippen LogP contribution is 2.24. The number of benzene rings is 2. The molecule has 1 fully saturated rings. The third kappa shape index (κ3) is 4.28. The van der Waals surface area contributed by atoms with Gasteiger partial charge in [0.05, 0.1) is 11.5 Å². The number of carbonyl (C=O) groups is 1. The molecule has 1 aliphatic heterocycles. The fraction of sp³-hybridized carbons (Fsp3) is 0.238. The Kier molecular flexibility index (Phi) is 5.31. The lowest BCUT2D eigenvalue weighted by Gasteiger charge is -2.28. The standard InChI is InChI=1S/C21H18BrNO5S/c22-16-6-3-4-14(10-16)12-23(17-8-9-29(26,27)13-17)20(24)18-11-15-5-1-2-7-19(15)28-21(18)25/h1-7,10-11,17H,8-9,12-13H2/t17-/m1/s1. The van der Waals surface area contributed by atoms with E-state index in [0.717, 1.165) is 10.0 Å². The van der Waals surface area contributed by atoms with E-state index in [0.29, 0.717) is 17.4 Å². The summed E-state index contributed by atoms with van der Waals surface area (Å²) in [6, 6.07) is 15.4. The minimum atomic E-state index is -3.21. The lowest BCUT2D eigenvalue weighted by Crippen LogP contribution is -2.42. The van der Waals surface area contributed by atoms with Crippen molar-refractivity contribution in [3.8, 4) is 0 Å². The van der Waals surface area contributed by atoms with Gasteiger partial charge in [0.25, 0.3) is 5.91 Å². The molecule has 0 spiro atoms. The van der Waals surface area contributed by atoms with Gasteiger partial charge in [0, 0.05) is 22.4 Å². The Hall–Kier alpha value is -2.45. The van der Waals surface area contributed by atoms with Crippen molar-refractivity contribution in [2.75, 3.05) is 11.5 Å². The second-order valence-corrected chi connectivity index (χ2v) is 10.2. The molecule has 1 aliphatic rings. The molecule has 0 aliphatic carbocycles. The van der Waals surface area contributed by atoms with Crippen LogP contribution in [0.25, 0.3) is 11.0 Å². The molecule has 0 saturated carbocycles. The number of carbonyl (C=O) groups excluding carboxylic acids is 1. The van der Waals surface area contributed by atoms with E-state index in [1.54, 1.807) is 24.3 Å². The number of amides is 1. The van der Waals surface area contributed by atoms with Crippen LogP contribution in [0, 0.1) is 0 Å². The Balaban J connectivity index is 1.75. The molecule has 0 unspecified atom stereocenters. The van der Waals surface area contributed by atoms with E-state index < -0.39 is 27.4 Å². The van der Waals surface area contributed by atoms with Crippen molar-refractivity contribution >= 4 is 42.6 Å². The summed E-state index contributed by atoms with van der Waals surface area (Å²) in [5.41, 5.74) is 0.412. The quantitative estimate of drug-likeness (QED) is 0.539. The number of hydrogen-bond acceptors (Lipinski definition) is 5. The van der Waals surface area contributed by atoms with Gasteiger partial charge in [-0.25, -0.2) is 13.2 Å². The van der Waals surface area contributed by atoms with E-state index in [1.165, 1.54) is 11.0 Å². The van der Waals surface area contributed by atoms with Gasteiger partial charge in [-0.05, 0) is 36.2 Å². The first-order valence-corrected chi connectivity index (χ1v) is 11.7. The highest BCUT2D eigenvalue weighted by molar-refractivity contribution is 9.10. The molecule has 0 radical (unpaired) electrons. The Morgan fingerprint density at radius 1 is 1.14 bits per heavy atom. The van der Waals surface area contributed by atoms with Crippen LogP contribution in [-0.2, 0) is 16.4 Å². The Morgan fingerprint density at radius 3 is 2.66 bits per heavy atom. The molecule has 1 aromatic heterocycles. The largest absolute Gasteiger partial charge is 0.422 e. The maximum atomic E-state index is 13.4. The van der Waals surface area contributed by atoms with Gasteiger partial charge in [0.1, 0.15) is 11.1 Å². The molecule has 4 rings (SSSR count). The Bertz CT molecular complexity index is 1250. The van der Waals surface area contributed by atoms with Gasteiger partial charge in [-0.2, -0.15) is 0 Å². The van der Waals surface area contributed by atoms with Crippen molar-refractivity contribution in [3.05, 3.63) is 80.6 Å². The van der Waals surface area contributed by atoms with Crippen molar-refractivity contribution in [1.82, 2.24) is 4.90 Å². The molecular weight excluding hydrogens is 458 g/mol. The van der Waals surface area contributed by atoms with E-state index in [1.807, 2.05) is 24.3 Å². The van der Waals surface area contributed by atoms with E-state index in [4.69, 9.17) is 4.42 Å². The van der Waals surface area contributed by atoms with E-state index in [-0.39, 0.29) is 23.6 Å². The second-order valence-electron chi connectivity index (χ2n) is 7.11. The molecule has 0 bridgehead atoms. The smallest absolute Gasteiger partial charge is 0.349 e. The van der Waals surface area contributed by atoms with Gasteiger partial charge >= 0.3 is 5.63 Å². The SMILES string of the molecule is O=C(c1cc2ccccc2oc1=O)N(Cc1cccc(Br)c1)[C@@H]1CCS(=O)(=O)C1. The summed E-state index contributed by atoms with van der Waals surface area (Å²) in [7, 11) is -3.21. The number of halogens is 1. The molecule has 2 heterocycles. The zero-order valence-electron chi connectivity index (χ0n) is 15.4. The average molecular weight is 476 g/mol. The summed E-state index contributed by atoms with van der Waals surface area (Å²) in [5, 5.41) is 0.636. The highest BCUT2D eigenvalue weighted by Gasteiger charge is 2.36. The van der Waals surface area contributed by atoms with Gasteiger partial charge in [0.2, 0.25) is 0 Å². The molecule has 29 heavy (non-hydrogen) atoms. The third-order valence-corrected chi connectivity index (χ3v) is 7.27. The van der Waals surface area contributed by atoms with Crippen molar-refractivity contribution in [1.29, 1.82) is 0 Å². The molecule has 2 aromatic carbocycles. The lowest BCUT2D eigenvalue weighted by atomic mass is 10.1. The van der Waals surface area contributed by atoms with Gasteiger partial charge < -0.3 is 9.32 Å². The predicted molar refractivity (Wildman–Crippen MR) is 114 cm³/mol. The monoisotopic (exact) mass is 475 g/mol. The minimum Gasteiger partial charge on any atom is -0.422 e. The molecule has 0 N–H and O–H groups in total. The summed E-state index contributed by atoms with van der Waals surface area (Å²) in [6.07, 6.45) is 0.348. The molecule has 6 nitrogen and oxygen atoms in total. The van der Waals surface area contributed by atoms with Crippen LogP contribution in [-0.4, -0.2) is 36.8 Å². The Labute approximate surface area is 176 Å². The molecule has 150 valence electrons. The maximum Gasteiger partial charge on any atom is 0.349 e. The first-order chi connectivity index (χ1) is 13.8. The maximum absolute atomic E-state index is 13.4. The fourth-order valence-electron chi connectivity index (χ4n) is 3.59. The van der Waals surface area contributed by atoms with Gasteiger partial charge in [-0.1, -0.05) is 46.3 Å². The van der Waals surface area contributed by atoms with Crippen molar-refractivity contribution in [2.24, 2.45) is 0 Å². The predicted octanol–water partition coefficient (Wildman–Crippen LogP) is 3.39. The van der Waals surface area contributed by atoms with Crippen LogP contribution in [0.15, 0.2) is 68.3 Å². The number of nitrogens with zero attached hydrogens (tertiary/aromatic N) is 1. The zero-order valence-corrected chi connectivity index (χ0v) is 17.8. The molecule has 1 saturated heterocycles. The number of para-hydroxylation sites is 1. The average Bonchev–Trinajstić information content (AvgIpc) is 3.04. The molecule has 3 aromatic rings. The van der Waals surface area contributed by atoms with Crippen LogP contribution in [0.5, 0.6) is 0 Å². The lowest BCUT2D eigenvalue weighted by molar-refractivity contribution is 0.0676. The summed E-state index contributed by atoms with van der Waals surface area (Å²) in [4.78, 5) is 27.3. The fourth-order valence-corrected chi connectivity index (χ4v) is 5.76. The van der Waals surface area contributed by atoms with Gasteiger partial charge in [-0.3, -0.25) is 4.79 Å². The van der Waals surface area contributed by atoms with Crippen LogP contribution in [0.1, 0.15) is 22.3 Å². The van der Waals surface area contributed by atoms with Crippen molar-refractivity contribution < 1.29 is 17.6 Å². The molecule has 1 atom stereocenters. The first-order valence-electron chi connectivity index (χ1n) is 9.11. The summed E-state index contributed by atoms with van der Waals surface area (Å²) >= 11 is 3.41. The van der Waals surface area contributed by atoms with Crippen LogP contribution >= 0.6 is 15.9 Å².